The van der Waals surface area contributed by atoms with Gasteiger partial charge in [-0.15, -0.1) is 0 Å². The smallest absolute Gasteiger partial charge is 0.334 e. The monoisotopic (exact) mass is 406 g/mol. The van der Waals surface area contributed by atoms with Crippen LogP contribution in [0.3, 0.4) is 0 Å². The van der Waals surface area contributed by atoms with Gasteiger partial charge in [0, 0.05) is 17.4 Å². The molecule has 0 N–H and O–H groups in total. The molecular weight excluding hydrogens is 372 g/mol. The first-order chi connectivity index (χ1) is 13.8. The zero-order valence-electron chi connectivity index (χ0n) is 17.7. The van der Waals surface area contributed by atoms with Gasteiger partial charge in [0.25, 0.3) is 0 Å². The second kappa shape index (κ2) is 11.3. The SMILES string of the molecule is C=C(CC(=O)OC(C)C(=O)C1CCCCC1)C(=O)OC(C)C(=O)C1CCCCC1. The van der Waals surface area contributed by atoms with Crippen molar-refractivity contribution in [2.75, 3.05) is 0 Å². The van der Waals surface area contributed by atoms with Crippen molar-refractivity contribution in [2.45, 2.75) is 96.7 Å². The molecule has 6 nitrogen and oxygen atoms in total. The van der Waals surface area contributed by atoms with Crippen molar-refractivity contribution in [1.29, 1.82) is 0 Å². The van der Waals surface area contributed by atoms with Crippen molar-refractivity contribution in [3.8, 4) is 0 Å². The van der Waals surface area contributed by atoms with E-state index in [0.717, 1.165) is 64.2 Å². The van der Waals surface area contributed by atoms with Gasteiger partial charge in [-0.3, -0.25) is 14.4 Å². The van der Waals surface area contributed by atoms with Crippen LogP contribution in [0.5, 0.6) is 0 Å². The van der Waals surface area contributed by atoms with Crippen molar-refractivity contribution >= 4 is 23.5 Å². The lowest BCUT2D eigenvalue weighted by Gasteiger charge is -2.24. The average molecular weight is 407 g/mol. The van der Waals surface area contributed by atoms with Gasteiger partial charge in [-0.05, 0) is 39.5 Å². The van der Waals surface area contributed by atoms with Crippen LogP contribution in [0.4, 0.5) is 0 Å². The van der Waals surface area contributed by atoms with Gasteiger partial charge in [0.2, 0.25) is 0 Å². The molecule has 0 amide bonds. The lowest BCUT2D eigenvalue weighted by Crippen LogP contribution is -2.33. The summed E-state index contributed by atoms with van der Waals surface area (Å²) in [4.78, 5) is 49.1. The fraction of sp³-hybridized carbons (Fsp3) is 0.739. The molecule has 0 saturated heterocycles. The van der Waals surface area contributed by atoms with E-state index >= 15 is 0 Å². The van der Waals surface area contributed by atoms with Gasteiger partial charge in [-0.25, -0.2) is 4.79 Å². The molecule has 162 valence electrons. The van der Waals surface area contributed by atoms with Crippen molar-refractivity contribution in [3.63, 3.8) is 0 Å². The predicted molar refractivity (Wildman–Crippen MR) is 108 cm³/mol. The molecule has 2 aliphatic carbocycles. The summed E-state index contributed by atoms with van der Waals surface area (Å²) in [5.74, 6) is -1.69. The zero-order chi connectivity index (χ0) is 21.4. The first kappa shape index (κ1) is 23.3. The standard InChI is InChI=1S/C23H34O6/c1-15(23(27)29-17(3)22(26)19-12-8-5-9-13-19)14-20(24)28-16(2)21(25)18-10-6-4-7-11-18/h16-19H,1,4-14H2,2-3H3. The molecule has 2 aliphatic rings. The fourth-order valence-corrected chi connectivity index (χ4v) is 4.28. The highest BCUT2D eigenvalue weighted by atomic mass is 16.6. The summed E-state index contributed by atoms with van der Waals surface area (Å²) in [5, 5.41) is 0. The molecule has 0 aromatic carbocycles. The van der Waals surface area contributed by atoms with E-state index in [1.807, 2.05) is 0 Å². The van der Waals surface area contributed by atoms with Crippen molar-refractivity contribution in [1.82, 2.24) is 0 Å². The van der Waals surface area contributed by atoms with E-state index in [1.165, 1.54) is 0 Å². The van der Waals surface area contributed by atoms with Crippen LogP contribution >= 0.6 is 0 Å². The second-order valence-corrected chi connectivity index (χ2v) is 8.43. The Bertz CT molecular complexity index is 625. The van der Waals surface area contributed by atoms with Crippen LogP contribution in [0.2, 0.25) is 0 Å². The Morgan fingerprint density at radius 3 is 1.62 bits per heavy atom. The maximum absolute atomic E-state index is 12.4. The molecule has 2 unspecified atom stereocenters. The van der Waals surface area contributed by atoms with Gasteiger partial charge < -0.3 is 9.47 Å². The molecule has 2 rings (SSSR count). The number of hydrogen-bond donors (Lipinski definition) is 0. The molecule has 0 aliphatic heterocycles. The Labute approximate surface area is 173 Å². The van der Waals surface area contributed by atoms with Gasteiger partial charge >= 0.3 is 11.9 Å². The summed E-state index contributed by atoms with van der Waals surface area (Å²) in [7, 11) is 0. The number of esters is 2. The van der Waals surface area contributed by atoms with Crippen LogP contribution < -0.4 is 0 Å². The van der Waals surface area contributed by atoms with E-state index in [-0.39, 0.29) is 35.4 Å². The highest BCUT2D eigenvalue weighted by molar-refractivity contribution is 5.96. The Hall–Kier alpha value is -1.98. The molecule has 0 bridgehead atoms. The number of carbonyl (C=O) groups excluding carboxylic acids is 4. The zero-order valence-corrected chi connectivity index (χ0v) is 17.7. The minimum atomic E-state index is -0.856. The second-order valence-electron chi connectivity index (χ2n) is 8.43. The largest absolute Gasteiger partial charge is 0.454 e. The number of carbonyl (C=O) groups is 4. The van der Waals surface area contributed by atoms with Crippen molar-refractivity contribution < 1.29 is 28.7 Å². The average Bonchev–Trinajstić information content (AvgIpc) is 2.73. The highest BCUT2D eigenvalue weighted by Crippen LogP contribution is 2.27. The van der Waals surface area contributed by atoms with Crippen molar-refractivity contribution in [3.05, 3.63) is 12.2 Å². The lowest BCUT2D eigenvalue weighted by atomic mass is 9.84. The summed E-state index contributed by atoms with van der Waals surface area (Å²) in [6, 6.07) is 0. The molecule has 0 spiro atoms. The first-order valence-electron chi connectivity index (χ1n) is 10.9. The summed E-state index contributed by atoms with van der Waals surface area (Å²) < 4.78 is 10.4. The van der Waals surface area contributed by atoms with Crippen LogP contribution in [-0.2, 0) is 28.7 Å². The Morgan fingerprint density at radius 1 is 0.759 bits per heavy atom. The molecule has 2 fully saturated rings. The van der Waals surface area contributed by atoms with Crippen molar-refractivity contribution in [2.24, 2.45) is 11.8 Å². The minimum Gasteiger partial charge on any atom is -0.454 e. The summed E-state index contributed by atoms with van der Waals surface area (Å²) in [6.45, 7) is 6.72. The Balaban J connectivity index is 1.75. The van der Waals surface area contributed by atoms with Gasteiger partial charge in [0.1, 0.15) is 0 Å². The van der Waals surface area contributed by atoms with Gasteiger partial charge in [-0.1, -0.05) is 45.1 Å². The maximum Gasteiger partial charge on any atom is 0.334 e. The number of ketones is 2. The normalized spacial score (nSPS) is 20.3. The van der Waals surface area contributed by atoms with E-state index in [2.05, 4.69) is 6.58 Å². The van der Waals surface area contributed by atoms with Gasteiger partial charge in [-0.2, -0.15) is 0 Å². The van der Waals surface area contributed by atoms with E-state index in [4.69, 9.17) is 9.47 Å². The molecule has 0 aromatic rings. The Kier molecular flexibility index (Phi) is 9.05. The molecule has 2 saturated carbocycles. The molecule has 6 heteroatoms. The highest BCUT2D eigenvalue weighted by Gasteiger charge is 2.30. The van der Waals surface area contributed by atoms with Crippen LogP contribution in [-0.4, -0.2) is 35.7 Å². The molecular formula is C23H34O6. The summed E-state index contributed by atoms with van der Waals surface area (Å²) in [5.41, 5.74) is -0.0735. The van der Waals surface area contributed by atoms with Gasteiger partial charge in [0.15, 0.2) is 23.8 Å². The van der Waals surface area contributed by atoms with E-state index in [1.54, 1.807) is 13.8 Å². The number of hydrogen-bond acceptors (Lipinski definition) is 6. The third kappa shape index (κ3) is 7.09. The maximum atomic E-state index is 12.4. The fourth-order valence-electron chi connectivity index (χ4n) is 4.28. The Morgan fingerprint density at radius 2 is 1.17 bits per heavy atom. The van der Waals surface area contributed by atoms with Crippen LogP contribution in [0, 0.1) is 11.8 Å². The number of Topliss-reactive ketones (excluding diaryl/α,β-unsaturated/α-hetero) is 2. The van der Waals surface area contributed by atoms with Gasteiger partial charge in [0.05, 0.1) is 6.42 Å². The lowest BCUT2D eigenvalue weighted by molar-refractivity contribution is -0.157. The van der Waals surface area contributed by atoms with Crippen LogP contribution in [0.25, 0.3) is 0 Å². The summed E-state index contributed by atoms with van der Waals surface area (Å²) in [6.07, 6.45) is 7.68. The topological polar surface area (TPSA) is 86.7 Å². The van der Waals surface area contributed by atoms with E-state index in [0.29, 0.717) is 0 Å². The van der Waals surface area contributed by atoms with E-state index < -0.39 is 24.1 Å². The third-order valence-corrected chi connectivity index (χ3v) is 6.05. The number of ether oxygens (including phenoxy) is 2. The summed E-state index contributed by atoms with van der Waals surface area (Å²) >= 11 is 0. The number of rotatable bonds is 9. The molecule has 0 aromatic heterocycles. The predicted octanol–water partition coefficient (Wildman–Crippen LogP) is 4.09. The third-order valence-electron chi connectivity index (χ3n) is 6.05. The minimum absolute atomic E-state index is 0.0497. The molecule has 0 heterocycles. The van der Waals surface area contributed by atoms with Crippen LogP contribution in [0.15, 0.2) is 12.2 Å². The van der Waals surface area contributed by atoms with E-state index in [9.17, 15) is 19.2 Å². The molecule has 0 radical (unpaired) electrons. The first-order valence-corrected chi connectivity index (χ1v) is 10.9. The quantitative estimate of drug-likeness (QED) is 0.423. The molecule has 2 atom stereocenters. The molecule has 29 heavy (non-hydrogen) atoms. The van der Waals surface area contributed by atoms with Crippen LogP contribution in [0.1, 0.15) is 84.5 Å².